The number of aromatic nitrogens is 1. The van der Waals surface area contributed by atoms with Gasteiger partial charge in [-0.1, -0.05) is 29.8 Å². The number of carbonyl (C=O) groups is 1. The molecule has 0 unspecified atom stereocenters. The van der Waals surface area contributed by atoms with Crippen LogP contribution in [-0.2, 0) is 6.54 Å². The van der Waals surface area contributed by atoms with Gasteiger partial charge in [0.15, 0.2) is 0 Å². The van der Waals surface area contributed by atoms with Gasteiger partial charge in [0.05, 0.1) is 6.54 Å². The highest BCUT2D eigenvalue weighted by Crippen LogP contribution is 2.11. The van der Waals surface area contributed by atoms with Crippen LogP contribution in [0.2, 0.25) is 0 Å². The van der Waals surface area contributed by atoms with E-state index in [1.807, 2.05) is 31.2 Å². The fourth-order valence-electron chi connectivity index (χ4n) is 3.20. The molecule has 5 heteroatoms. The summed E-state index contributed by atoms with van der Waals surface area (Å²) in [6.45, 7) is 3.66. The number of pyridine rings is 1. The van der Waals surface area contributed by atoms with Crippen molar-refractivity contribution in [1.82, 2.24) is 9.47 Å². The van der Waals surface area contributed by atoms with Gasteiger partial charge in [0.2, 0.25) is 0 Å². The van der Waals surface area contributed by atoms with E-state index < -0.39 is 0 Å². The molecule has 1 amide bonds. The lowest BCUT2D eigenvalue weighted by Crippen LogP contribution is -2.47. The molecule has 0 bridgehead atoms. The third kappa shape index (κ3) is 3.57. The maximum Gasteiger partial charge on any atom is 0.263 e. The van der Waals surface area contributed by atoms with E-state index in [4.69, 9.17) is 5.73 Å². The summed E-state index contributed by atoms with van der Waals surface area (Å²) in [5.41, 5.74) is 8.11. The van der Waals surface area contributed by atoms with Gasteiger partial charge in [-0.25, -0.2) is 0 Å². The molecule has 1 saturated heterocycles. The van der Waals surface area contributed by atoms with Crippen LogP contribution in [-0.4, -0.2) is 34.5 Å². The first-order valence-electron chi connectivity index (χ1n) is 8.34. The van der Waals surface area contributed by atoms with Crippen molar-refractivity contribution in [2.45, 2.75) is 32.4 Å². The monoisotopic (exact) mass is 325 g/mol. The molecule has 24 heavy (non-hydrogen) atoms. The van der Waals surface area contributed by atoms with E-state index in [0.717, 1.165) is 24.0 Å². The average Bonchev–Trinajstić information content (AvgIpc) is 2.56. The Bertz CT molecular complexity index is 797. The molecule has 0 aliphatic carbocycles. The zero-order valence-corrected chi connectivity index (χ0v) is 13.9. The highest BCUT2D eigenvalue weighted by Gasteiger charge is 2.24. The molecule has 0 spiro atoms. The third-order valence-corrected chi connectivity index (χ3v) is 4.43. The third-order valence-electron chi connectivity index (χ3n) is 4.43. The number of carbonyl (C=O) groups excluding carboxylic acids is 1. The van der Waals surface area contributed by atoms with Gasteiger partial charge < -0.3 is 15.2 Å². The van der Waals surface area contributed by atoms with Crippen LogP contribution in [0.5, 0.6) is 0 Å². The Labute approximate surface area is 141 Å². The molecule has 1 fully saturated rings. The number of likely N-dealkylation sites (tertiary alicyclic amines) is 1. The SMILES string of the molecule is Cc1cccc(Cn2cccc(C(=O)N3CCC[C@@H](N)C3)c2=O)c1. The van der Waals surface area contributed by atoms with E-state index in [1.54, 1.807) is 27.8 Å². The minimum Gasteiger partial charge on any atom is -0.337 e. The van der Waals surface area contributed by atoms with Crippen LogP contribution in [0.3, 0.4) is 0 Å². The average molecular weight is 325 g/mol. The van der Waals surface area contributed by atoms with E-state index in [0.29, 0.717) is 19.6 Å². The number of amides is 1. The summed E-state index contributed by atoms with van der Waals surface area (Å²) < 4.78 is 1.59. The summed E-state index contributed by atoms with van der Waals surface area (Å²) >= 11 is 0. The van der Waals surface area contributed by atoms with Gasteiger partial charge in [0.25, 0.3) is 11.5 Å². The second-order valence-electron chi connectivity index (χ2n) is 6.50. The van der Waals surface area contributed by atoms with Crippen molar-refractivity contribution in [3.63, 3.8) is 0 Å². The number of nitrogens with zero attached hydrogens (tertiary/aromatic N) is 2. The highest BCUT2D eigenvalue weighted by molar-refractivity contribution is 5.93. The molecule has 1 aliphatic heterocycles. The summed E-state index contributed by atoms with van der Waals surface area (Å²) in [6.07, 6.45) is 3.54. The zero-order chi connectivity index (χ0) is 17.1. The molecule has 1 aromatic carbocycles. The Morgan fingerprint density at radius 1 is 1.29 bits per heavy atom. The predicted octanol–water partition coefficient (Wildman–Crippen LogP) is 1.77. The molecule has 1 aliphatic rings. The maximum absolute atomic E-state index is 12.7. The Hall–Kier alpha value is -2.40. The Balaban J connectivity index is 1.85. The van der Waals surface area contributed by atoms with Gasteiger partial charge in [0.1, 0.15) is 5.56 Å². The van der Waals surface area contributed by atoms with Crippen molar-refractivity contribution >= 4 is 5.91 Å². The Morgan fingerprint density at radius 3 is 2.88 bits per heavy atom. The smallest absolute Gasteiger partial charge is 0.263 e. The molecule has 0 radical (unpaired) electrons. The van der Waals surface area contributed by atoms with Crippen LogP contribution in [0.25, 0.3) is 0 Å². The molecular formula is C19H23N3O2. The quantitative estimate of drug-likeness (QED) is 0.935. The largest absolute Gasteiger partial charge is 0.337 e. The van der Waals surface area contributed by atoms with Gasteiger partial charge in [-0.05, 0) is 37.5 Å². The Morgan fingerprint density at radius 2 is 2.12 bits per heavy atom. The highest BCUT2D eigenvalue weighted by atomic mass is 16.2. The zero-order valence-electron chi connectivity index (χ0n) is 13.9. The number of nitrogens with two attached hydrogens (primary N) is 1. The van der Waals surface area contributed by atoms with Crippen LogP contribution in [0.15, 0.2) is 47.4 Å². The minimum atomic E-state index is -0.247. The normalized spacial score (nSPS) is 17.8. The molecule has 2 heterocycles. The standard InChI is InChI=1S/C19H23N3O2/c1-14-5-2-6-15(11-14)12-21-10-4-8-17(18(21)23)19(24)22-9-3-7-16(20)13-22/h2,4-6,8,10-11,16H,3,7,9,12-13,20H2,1H3/t16-/m1/s1. The molecule has 126 valence electrons. The van der Waals surface area contributed by atoms with Crippen molar-refractivity contribution in [1.29, 1.82) is 0 Å². The van der Waals surface area contributed by atoms with E-state index in [2.05, 4.69) is 0 Å². The molecule has 0 saturated carbocycles. The number of piperidine rings is 1. The fourth-order valence-corrected chi connectivity index (χ4v) is 3.20. The van der Waals surface area contributed by atoms with Crippen molar-refractivity contribution in [2.75, 3.05) is 13.1 Å². The number of hydrogen-bond acceptors (Lipinski definition) is 3. The summed E-state index contributed by atoms with van der Waals surface area (Å²) in [5.74, 6) is -0.214. The van der Waals surface area contributed by atoms with E-state index >= 15 is 0 Å². The Kier molecular flexibility index (Phi) is 4.81. The molecule has 1 atom stereocenters. The second kappa shape index (κ2) is 7.01. The summed E-state index contributed by atoms with van der Waals surface area (Å²) in [7, 11) is 0. The van der Waals surface area contributed by atoms with Crippen LogP contribution in [0.1, 0.15) is 34.3 Å². The number of rotatable bonds is 3. The van der Waals surface area contributed by atoms with Gasteiger partial charge >= 0.3 is 0 Å². The number of benzene rings is 1. The van der Waals surface area contributed by atoms with E-state index in [9.17, 15) is 9.59 Å². The lowest BCUT2D eigenvalue weighted by atomic mass is 10.1. The van der Waals surface area contributed by atoms with Crippen LogP contribution >= 0.6 is 0 Å². The number of aryl methyl sites for hydroxylation is 1. The van der Waals surface area contributed by atoms with Crippen molar-refractivity contribution in [2.24, 2.45) is 5.73 Å². The van der Waals surface area contributed by atoms with Crippen LogP contribution in [0, 0.1) is 6.92 Å². The predicted molar refractivity (Wildman–Crippen MR) is 94.1 cm³/mol. The van der Waals surface area contributed by atoms with Crippen molar-refractivity contribution < 1.29 is 4.79 Å². The molecule has 2 N–H and O–H groups in total. The lowest BCUT2D eigenvalue weighted by molar-refractivity contribution is 0.0706. The molecule has 1 aromatic heterocycles. The van der Waals surface area contributed by atoms with Crippen molar-refractivity contribution in [3.05, 3.63) is 69.6 Å². The van der Waals surface area contributed by atoms with Gasteiger partial charge in [0, 0.05) is 25.3 Å². The van der Waals surface area contributed by atoms with Gasteiger partial charge in [-0.2, -0.15) is 0 Å². The molecule has 2 aromatic rings. The topological polar surface area (TPSA) is 68.3 Å². The van der Waals surface area contributed by atoms with E-state index in [1.165, 1.54) is 0 Å². The molecule has 5 nitrogen and oxygen atoms in total. The minimum absolute atomic E-state index is 0.000863. The van der Waals surface area contributed by atoms with Crippen LogP contribution in [0.4, 0.5) is 0 Å². The second-order valence-corrected chi connectivity index (χ2v) is 6.50. The summed E-state index contributed by atoms with van der Waals surface area (Å²) in [4.78, 5) is 27.1. The van der Waals surface area contributed by atoms with Gasteiger partial charge in [-0.3, -0.25) is 9.59 Å². The van der Waals surface area contributed by atoms with Crippen LogP contribution < -0.4 is 11.3 Å². The fraction of sp³-hybridized carbons (Fsp3) is 0.368. The first kappa shape index (κ1) is 16.5. The van der Waals surface area contributed by atoms with Crippen molar-refractivity contribution in [3.8, 4) is 0 Å². The number of hydrogen-bond donors (Lipinski definition) is 1. The molecular weight excluding hydrogens is 302 g/mol. The maximum atomic E-state index is 12.7. The molecule has 3 rings (SSSR count). The first-order valence-corrected chi connectivity index (χ1v) is 8.34. The van der Waals surface area contributed by atoms with Gasteiger partial charge in [-0.15, -0.1) is 0 Å². The summed E-state index contributed by atoms with van der Waals surface area (Å²) in [6, 6.07) is 11.4. The lowest BCUT2D eigenvalue weighted by Gasteiger charge is -2.30. The van der Waals surface area contributed by atoms with E-state index in [-0.39, 0.29) is 23.1 Å². The first-order chi connectivity index (χ1) is 11.5. The summed E-state index contributed by atoms with van der Waals surface area (Å²) in [5, 5.41) is 0.